The van der Waals surface area contributed by atoms with Gasteiger partial charge in [-0.15, -0.1) is 0 Å². The third-order valence-corrected chi connectivity index (χ3v) is 6.25. The Labute approximate surface area is 188 Å². The number of rotatable bonds is 7. The summed E-state index contributed by atoms with van der Waals surface area (Å²) < 4.78 is 13.1. The minimum atomic E-state index is -0.517. The standard InChI is InChI=1S/C27H28N2O3/c1-2-29-24-11-7-6-10-22(24)23-16-21(12-13-25(23)29)17-28(27(30)26-18-31-19-32-26)15-14-20-8-4-3-5-9-20/h3-13,16,26H,2,14-15,17-19H2,1H3. The average molecular weight is 429 g/mol. The lowest BCUT2D eigenvalue weighted by atomic mass is 10.1. The number of carbonyl (C=O) groups excluding carboxylic acids is 1. The first-order valence-electron chi connectivity index (χ1n) is 11.3. The quantitative estimate of drug-likeness (QED) is 0.426. The van der Waals surface area contributed by atoms with Crippen molar-refractivity contribution in [1.82, 2.24) is 9.47 Å². The number of fused-ring (bicyclic) bond motifs is 3. The fourth-order valence-corrected chi connectivity index (χ4v) is 4.62. The SMILES string of the molecule is CCn1c2ccccc2c2cc(CN(CCc3ccccc3)C(=O)C3COCO3)ccc21. The first kappa shape index (κ1) is 20.7. The summed E-state index contributed by atoms with van der Waals surface area (Å²) in [5, 5.41) is 2.48. The van der Waals surface area contributed by atoms with Crippen molar-refractivity contribution in [2.45, 2.75) is 32.5 Å². The van der Waals surface area contributed by atoms with Crippen LogP contribution in [-0.2, 0) is 33.8 Å². The molecule has 0 bridgehead atoms. The number of aromatic nitrogens is 1. The first-order chi connectivity index (χ1) is 15.7. The number of hydrogen-bond acceptors (Lipinski definition) is 3. The molecule has 0 saturated carbocycles. The number of nitrogens with zero attached hydrogens (tertiary/aromatic N) is 2. The van der Waals surface area contributed by atoms with Crippen LogP contribution in [0, 0.1) is 0 Å². The van der Waals surface area contributed by atoms with E-state index < -0.39 is 6.10 Å². The summed E-state index contributed by atoms with van der Waals surface area (Å²) in [4.78, 5) is 15.1. The third kappa shape index (κ3) is 4.01. The molecule has 1 aliphatic heterocycles. The molecule has 1 saturated heterocycles. The van der Waals surface area contributed by atoms with E-state index in [1.807, 2.05) is 23.1 Å². The maximum atomic E-state index is 13.2. The van der Waals surface area contributed by atoms with Gasteiger partial charge in [0.25, 0.3) is 5.91 Å². The molecule has 1 fully saturated rings. The zero-order valence-electron chi connectivity index (χ0n) is 18.4. The van der Waals surface area contributed by atoms with Crippen molar-refractivity contribution in [2.75, 3.05) is 19.9 Å². The highest BCUT2D eigenvalue weighted by Crippen LogP contribution is 2.30. The summed E-state index contributed by atoms with van der Waals surface area (Å²) in [6.07, 6.45) is 0.286. The van der Waals surface area contributed by atoms with Gasteiger partial charge in [0.05, 0.1) is 6.61 Å². The molecule has 0 aliphatic carbocycles. The molecule has 1 aliphatic rings. The fourth-order valence-electron chi connectivity index (χ4n) is 4.62. The predicted molar refractivity (Wildman–Crippen MR) is 126 cm³/mol. The second kappa shape index (κ2) is 9.15. The lowest BCUT2D eigenvalue weighted by molar-refractivity contribution is -0.141. The van der Waals surface area contributed by atoms with Crippen LogP contribution in [0.4, 0.5) is 0 Å². The highest BCUT2D eigenvalue weighted by molar-refractivity contribution is 6.08. The molecule has 32 heavy (non-hydrogen) atoms. The maximum absolute atomic E-state index is 13.2. The van der Waals surface area contributed by atoms with Crippen LogP contribution in [0.15, 0.2) is 72.8 Å². The Kier molecular flexibility index (Phi) is 5.93. The molecule has 0 spiro atoms. The van der Waals surface area contributed by atoms with Crippen molar-refractivity contribution in [2.24, 2.45) is 0 Å². The van der Waals surface area contributed by atoms with Crippen molar-refractivity contribution in [3.63, 3.8) is 0 Å². The molecular formula is C27H28N2O3. The third-order valence-electron chi connectivity index (χ3n) is 6.25. The lowest BCUT2D eigenvalue weighted by Crippen LogP contribution is -2.41. The fraction of sp³-hybridized carbons (Fsp3) is 0.296. The Morgan fingerprint density at radius 2 is 1.75 bits per heavy atom. The molecule has 4 aromatic rings. The van der Waals surface area contributed by atoms with Gasteiger partial charge in [-0.3, -0.25) is 4.79 Å². The van der Waals surface area contributed by atoms with Crippen molar-refractivity contribution in [3.05, 3.63) is 83.9 Å². The molecule has 5 rings (SSSR count). The van der Waals surface area contributed by atoms with Crippen molar-refractivity contribution in [1.29, 1.82) is 0 Å². The van der Waals surface area contributed by atoms with Gasteiger partial charge in [0.15, 0.2) is 6.10 Å². The monoisotopic (exact) mass is 428 g/mol. The van der Waals surface area contributed by atoms with Crippen molar-refractivity contribution < 1.29 is 14.3 Å². The summed E-state index contributed by atoms with van der Waals surface area (Å²) in [5.41, 5.74) is 4.81. The molecule has 1 unspecified atom stereocenters. The molecule has 5 nitrogen and oxygen atoms in total. The van der Waals surface area contributed by atoms with Crippen LogP contribution in [0.25, 0.3) is 21.8 Å². The molecule has 164 valence electrons. The summed E-state index contributed by atoms with van der Waals surface area (Å²) in [6, 6.07) is 25.4. The molecule has 1 amide bonds. The largest absolute Gasteiger partial charge is 0.352 e. The molecule has 1 atom stereocenters. The van der Waals surface area contributed by atoms with Crippen molar-refractivity contribution in [3.8, 4) is 0 Å². The normalized spacial score (nSPS) is 16.1. The molecule has 3 aromatic carbocycles. The van der Waals surface area contributed by atoms with Crippen LogP contribution in [-0.4, -0.2) is 41.4 Å². The van der Waals surface area contributed by atoms with Crippen LogP contribution in [0.5, 0.6) is 0 Å². The summed E-state index contributed by atoms with van der Waals surface area (Å²) in [6.45, 7) is 4.79. The van der Waals surface area contributed by atoms with Crippen LogP contribution < -0.4 is 0 Å². The van der Waals surface area contributed by atoms with Crippen molar-refractivity contribution >= 4 is 27.7 Å². The van der Waals surface area contributed by atoms with Gasteiger partial charge in [-0.2, -0.15) is 0 Å². The molecule has 0 radical (unpaired) electrons. The van der Waals surface area contributed by atoms with E-state index in [0.717, 1.165) is 18.5 Å². The predicted octanol–water partition coefficient (Wildman–Crippen LogP) is 4.76. The van der Waals surface area contributed by atoms with E-state index in [0.29, 0.717) is 19.7 Å². The van der Waals surface area contributed by atoms with Gasteiger partial charge in [0.2, 0.25) is 0 Å². The molecule has 1 aromatic heterocycles. The van der Waals surface area contributed by atoms with Gasteiger partial charge in [0.1, 0.15) is 6.79 Å². The molecular weight excluding hydrogens is 400 g/mol. The molecule has 5 heteroatoms. The van der Waals surface area contributed by atoms with E-state index in [4.69, 9.17) is 9.47 Å². The number of aryl methyl sites for hydroxylation is 1. The van der Waals surface area contributed by atoms with E-state index in [2.05, 4.69) is 66.1 Å². The minimum Gasteiger partial charge on any atom is -0.352 e. The summed E-state index contributed by atoms with van der Waals surface area (Å²) >= 11 is 0. The number of hydrogen-bond donors (Lipinski definition) is 0. The Bertz CT molecular complexity index is 1230. The number of para-hydroxylation sites is 1. The van der Waals surface area contributed by atoms with E-state index in [-0.39, 0.29) is 12.7 Å². The number of ether oxygens (including phenoxy) is 2. The van der Waals surface area contributed by atoms with Gasteiger partial charge < -0.3 is 18.9 Å². The second-order valence-electron chi connectivity index (χ2n) is 8.25. The van der Waals surface area contributed by atoms with E-state index in [1.165, 1.54) is 27.4 Å². The Hall–Kier alpha value is -3.15. The van der Waals surface area contributed by atoms with Gasteiger partial charge in [-0.25, -0.2) is 0 Å². The van der Waals surface area contributed by atoms with Gasteiger partial charge in [-0.1, -0.05) is 54.6 Å². The number of carbonyl (C=O) groups is 1. The average Bonchev–Trinajstić information content (AvgIpc) is 3.48. The van der Waals surface area contributed by atoms with E-state index >= 15 is 0 Å². The lowest BCUT2D eigenvalue weighted by Gasteiger charge is -2.25. The zero-order chi connectivity index (χ0) is 21.9. The second-order valence-corrected chi connectivity index (χ2v) is 8.25. The Morgan fingerprint density at radius 3 is 2.53 bits per heavy atom. The summed E-state index contributed by atoms with van der Waals surface area (Å²) in [7, 11) is 0. The first-order valence-corrected chi connectivity index (χ1v) is 11.3. The summed E-state index contributed by atoms with van der Waals surface area (Å²) in [5.74, 6) is -0.00508. The zero-order valence-corrected chi connectivity index (χ0v) is 18.4. The van der Waals surface area contributed by atoms with E-state index in [1.54, 1.807) is 0 Å². The number of benzene rings is 3. The smallest absolute Gasteiger partial charge is 0.254 e. The van der Waals surface area contributed by atoms with E-state index in [9.17, 15) is 4.79 Å². The topological polar surface area (TPSA) is 43.7 Å². The highest BCUT2D eigenvalue weighted by atomic mass is 16.7. The van der Waals surface area contributed by atoms with Gasteiger partial charge in [0, 0.05) is 41.4 Å². The Balaban J connectivity index is 1.45. The highest BCUT2D eigenvalue weighted by Gasteiger charge is 2.29. The molecule has 2 heterocycles. The van der Waals surface area contributed by atoms with Gasteiger partial charge >= 0.3 is 0 Å². The van der Waals surface area contributed by atoms with Crippen LogP contribution in [0.2, 0.25) is 0 Å². The molecule has 0 N–H and O–H groups in total. The Morgan fingerprint density at radius 1 is 0.969 bits per heavy atom. The van der Waals surface area contributed by atoms with Crippen LogP contribution in [0.3, 0.4) is 0 Å². The van der Waals surface area contributed by atoms with Gasteiger partial charge in [-0.05, 0) is 42.7 Å². The van der Waals surface area contributed by atoms with Crippen LogP contribution >= 0.6 is 0 Å². The number of amides is 1. The van der Waals surface area contributed by atoms with Crippen LogP contribution in [0.1, 0.15) is 18.1 Å². The minimum absolute atomic E-state index is 0.00508. The maximum Gasteiger partial charge on any atom is 0.254 e.